The molecule has 0 bridgehead atoms. The number of benzene rings is 1. The van der Waals surface area contributed by atoms with Gasteiger partial charge in [0.05, 0.1) is 11.6 Å². The van der Waals surface area contributed by atoms with Gasteiger partial charge in [-0.15, -0.1) is 0 Å². The van der Waals surface area contributed by atoms with E-state index in [0.29, 0.717) is 0 Å². The molecule has 16 heavy (non-hydrogen) atoms. The maximum absolute atomic E-state index is 8.78. The Balaban J connectivity index is 2.31. The molecule has 0 saturated carbocycles. The van der Waals surface area contributed by atoms with Gasteiger partial charge in [-0.05, 0) is 37.0 Å². The van der Waals surface area contributed by atoms with Crippen LogP contribution in [0.4, 0.5) is 0 Å². The number of hydrogen-bond donors (Lipinski definition) is 0. The minimum atomic E-state index is 0.157. The lowest BCUT2D eigenvalue weighted by Gasteiger charge is -2.25. The lowest BCUT2D eigenvalue weighted by atomic mass is 9.79. The van der Waals surface area contributed by atoms with E-state index >= 15 is 0 Å². The van der Waals surface area contributed by atoms with Gasteiger partial charge >= 0.3 is 0 Å². The van der Waals surface area contributed by atoms with E-state index in [1.165, 1.54) is 31.2 Å². The van der Waals surface area contributed by atoms with Crippen LogP contribution in [0.15, 0.2) is 36.4 Å². The summed E-state index contributed by atoms with van der Waals surface area (Å²) in [5.74, 6) is 0. The third-order valence-corrected chi connectivity index (χ3v) is 3.48. The first kappa shape index (κ1) is 11.0. The highest BCUT2D eigenvalue weighted by molar-refractivity contribution is 5.37. The monoisotopic (exact) mass is 211 g/mol. The molecule has 1 aliphatic carbocycles. The standard InChI is InChI=1S/C15H17N/c1-15(10-4-2-3-5-11-15)14-8-6-13(12-16)7-9-14/h4,6-10H,2-3,5,11H2,1H3/t15-/m0/s1. The van der Waals surface area contributed by atoms with E-state index in [1.807, 2.05) is 12.1 Å². The van der Waals surface area contributed by atoms with E-state index < -0.39 is 0 Å². The van der Waals surface area contributed by atoms with Gasteiger partial charge in [0.15, 0.2) is 0 Å². The molecular weight excluding hydrogens is 194 g/mol. The fourth-order valence-corrected chi connectivity index (χ4v) is 2.35. The molecule has 0 unspecified atom stereocenters. The zero-order valence-electron chi connectivity index (χ0n) is 9.74. The van der Waals surface area contributed by atoms with Crippen LogP contribution < -0.4 is 0 Å². The molecule has 0 aromatic heterocycles. The topological polar surface area (TPSA) is 23.8 Å². The molecule has 1 nitrogen and oxygen atoms in total. The molecule has 1 aromatic rings. The van der Waals surface area contributed by atoms with Crippen LogP contribution in [0.1, 0.15) is 43.7 Å². The van der Waals surface area contributed by atoms with E-state index in [1.54, 1.807) is 0 Å². The molecule has 1 aromatic carbocycles. The molecule has 0 spiro atoms. The molecule has 0 aliphatic heterocycles. The first-order chi connectivity index (χ1) is 7.74. The van der Waals surface area contributed by atoms with Crippen molar-refractivity contribution in [3.05, 3.63) is 47.5 Å². The average molecular weight is 211 g/mol. The lowest BCUT2D eigenvalue weighted by molar-refractivity contribution is 0.518. The summed E-state index contributed by atoms with van der Waals surface area (Å²) in [6.07, 6.45) is 9.61. The highest BCUT2D eigenvalue weighted by Crippen LogP contribution is 2.33. The van der Waals surface area contributed by atoms with Crippen molar-refractivity contribution in [3.8, 4) is 6.07 Å². The Morgan fingerprint density at radius 1 is 1.19 bits per heavy atom. The van der Waals surface area contributed by atoms with E-state index in [-0.39, 0.29) is 5.41 Å². The van der Waals surface area contributed by atoms with Gasteiger partial charge in [0.25, 0.3) is 0 Å². The third-order valence-electron chi connectivity index (χ3n) is 3.48. The summed E-state index contributed by atoms with van der Waals surface area (Å²) >= 11 is 0. The van der Waals surface area contributed by atoms with Crippen molar-refractivity contribution < 1.29 is 0 Å². The van der Waals surface area contributed by atoms with Crippen LogP contribution in [0, 0.1) is 11.3 Å². The van der Waals surface area contributed by atoms with Gasteiger partial charge < -0.3 is 0 Å². The quantitative estimate of drug-likeness (QED) is 0.645. The summed E-state index contributed by atoms with van der Waals surface area (Å²) in [4.78, 5) is 0. The molecule has 0 fully saturated rings. The second-order valence-electron chi connectivity index (χ2n) is 4.75. The Bertz CT molecular complexity index is 422. The molecule has 82 valence electrons. The van der Waals surface area contributed by atoms with Crippen LogP contribution in [0.25, 0.3) is 0 Å². The second-order valence-corrected chi connectivity index (χ2v) is 4.75. The molecule has 1 aliphatic rings. The molecule has 0 radical (unpaired) electrons. The Morgan fingerprint density at radius 2 is 1.94 bits per heavy atom. The van der Waals surface area contributed by atoms with Gasteiger partial charge in [-0.1, -0.05) is 37.6 Å². The van der Waals surface area contributed by atoms with Crippen molar-refractivity contribution >= 4 is 0 Å². The maximum atomic E-state index is 8.78. The van der Waals surface area contributed by atoms with E-state index in [2.05, 4.69) is 37.3 Å². The Hall–Kier alpha value is -1.55. The number of rotatable bonds is 1. The average Bonchev–Trinajstić information content (AvgIpc) is 2.55. The van der Waals surface area contributed by atoms with E-state index in [0.717, 1.165) is 5.56 Å². The summed E-state index contributed by atoms with van der Waals surface area (Å²) in [5, 5.41) is 8.78. The van der Waals surface area contributed by atoms with Gasteiger partial charge in [0.2, 0.25) is 0 Å². The maximum Gasteiger partial charge on any atom is 0.0991 e. The molecule has 2 rings (SSSR count). The lowest BCUT2D eigenvalue weighted by Crippen LogP contribution is -2.18. The second kappa shape index (κ2) is 4.53. The Kier molecular flexibility index (Phi) is 3.10. The number of allylic oxidation sites excluding steroid dienone is 2. The minimum Gasteiger partial charge on any atom is -0.192 e. The predicted octanol–water partition coefficient (Wildman–Crippen LogP) is 3.95. The highest BCUT2D eigenvalue weighted by atomic mass is 14.3. The van der Waals surface area contributed by atoms with Crippen LogP contribution in [0.3, 0.4) is 0 Å². The molecular formula is C15H17N. The predicted molar refractivity (Wildman–Crippen MR) is 66.1 cm³/mol. The first-order valence-electron chi connectivity index (χ1n) is 5.93. The van der Waals surface area contributed by atoms with Crippen molar-refractivity contribution in [2.45, 2.75) is 38.0 Å². The normalized spacial score (nSPS) is 24.8. The zero-order chi connectivity index (χ0) is 11.4. The van der Waals surface area contributed by atoms with Crippen molar-refractivity contribution in [2.75, 3.05) is 0 Å². The van der Waals surface area contributed by atoms with Gasteiger partial charge in [-0.25, -0.2) is 0 Å². The Morgan fingerprint density at radius 3 is 2.62 bits per heavy atom. The minimum absolute atomic E-state index is 0.157. The number of nitrogens with zero attached hydrogens (tertiary/aromatic N) is 1. The van der Waals surface area contributed by atoms with Crippen molar-refractivity contribution in [1.82, 2.24) is 0 Å². The van der Waals surface area contributed by atoms with Gasteiger partial charge in [0.1, 0.15) is 0 Å². The van der Waals surface area contributed by atoms with Crippen molar-refractivity contribution in [1.29, 1.82) is 5.26 Å². The molecule has 1 heteroatoms. The van der Waals surface area contributed by atoms with Crippen molar-refractivity contribution in [3.63, 3.8) is 0 Å². The largest absolute Gasteiger partial charge is 0.192 e. The summed E-state index contributed by atoms with van der Waals surface area (Å²) in [7, 11) is 0. The highest BCUT2D eigenvalue weighted by Gasteiger charge is 2.23. The fourth-order valence-electron chi connectivity index (χ4n) is 2.35. The van der Waals surface area contributed by atoms with Crippen LogP contribution in [-0.2, 0) is 5.41 Å². The molecule has 0 saturated heterocycles. The van der Waals surface area contributed by atoms with Crippen LogP contribution in [0.5, 0.6) is 0 Å². The van der Waals surface area contributed by atoms with Crippen LogP contribution in [-0.4, -0.2) is 0 Å². The molecule has 1 atom stereocenters. The summed E-state index contributed by atoms with van der Waals surface area (Å²) < 4.78 is 0. The van der Waals surface area contributed by atoms with Crippen LogP contribution in [0.2, 0.25) is 0 Å². The summed E-state index contributed by atoms with van der Waals surface area (Å²) in [5.41, 5.74) is 2.22. The Labute approximate surface area is 97.4 Å². The first-order valence-corrected chi connectivity index (χ1v) is 5.93. The molecule has 0 heterocycles. The smallest absolute Gasteiger partial charge is 0.0991 e. The van der Waals surface area contributed by atoms with Crippen molar-refractivity contribution in [2.24, 2.45) is 0 Å². The summed E-state index contributed by atoms with van der Waals surface area (Å²) in [6, 6.07) is 10.2. The van der Waals surface area contributed by atoms with E-state index in [9.17, 15) is 0 Å². The van der Waals surface area contributed by atoms with Crippen LogP contribution >= 0.6 is 0 Å². The van der Waals surface area contributed by atoms with Gasteiger partial charge in [0, 0.05) is 5.41 Å². The fraction of sp³-hybridized carbons (Fsp3) is 0.400. The summed E-state index contributed by atoms with van der Waals surface area (Å²) in [6.45, 7) is 2.29. The van der Waals surface area contributed by atoms with Gasteiger partial charge in [-0.2, -0.15) is 5.26 Å². The number of hydrogen-bond acceptors (Lipinski definition) is 1. The molecule has 0 N–H and O–H groups in total. The van der Waals surface area contributed by atoms with E-state index in [4.69, 9.17) is 5.26 Å². The van der Waals surface area contributed by atoms with Gasteiger partial charge in [-0.3, -0.25) is 0 Å². The molecule has 0 amide bonds. The number of nitriles is 1. The third kappa shape index (κ3) is 2.17. The SMILES string of the molecule is C[C@]1(c2ccc(C#N)cc2)C=CCCCC1. The zero-order valence-corrected chi connectivity index (χ0v) is 9.74.